The topological polar surface area (TPSA) is 84.5 Å². The van der Waals surface area contributed by atoms with Crippen LogP contribution in [0.15, 0.2) is 47.4 Å². The van der Waals surface area contributed by atoms with Gasteiger partial charge in [0.25, 0.3) is 0 Å². The van der Waals surface area contributed by atoms with Crippen molar-refractivity contribution in [2.24, 2.45) is 0 Å². The Bertz CT molecular complexity index is 910. The number of sulfonamides is 1. The van der Waals surface area contributed by atoms with E-state index in [0.717, 1.165) is 16.9 Å². The second kappa shape index (κ2) is 10.2. The molecule has 0 bridgehead atoms. The van der Waals surface area contributed by atoms with Gasteiger partial charge in [0.05, 0.1) is 11.5 Å². The molecule has 2 rings (SSSR count). The van der Waals surface area contributed by atoms with Gasteiger partial charge in [0.1, 0.15) is 5.75 Å². The molecule has 0 atom stereocenters. The first-order chi connectivity index (χ1) is 13.3. The van der Waals surface area contributed by atoms with Gasteiger partial charge in [-0.15, -0.1) is 0 Å². The van der Waals surface area contributed by atoms with Crippen molar-refractivity contribution < 1.29 is 17.9 Å². The Morgan fingerprint density at radius 2 is 1.75 bits per heavy atom. The van der Waals surface area contributed by atoms with Crippen LogP contribution in [0.25, 0.3) is 0 Å². The molecule has 28 heavy (non-hydrogen) atoms. The van der Waals surface area contributed by atoms with E-state index in [4.69, 9.17) is 4.74 Å². The zero-order valence-electron chi connectivity index (χ0n) is 16.6. The van der Waals surface area contributed by atoms with Crippen LogP contribution in [0.2, 0.25) is 0 Å². The molecule has 0 fully saturated rings. The molecule has 152 valence electrons. The summed E-state index contributed by atoms with van der Waals surface area (Å²) in [5, 5.41) is 2.72. The van der Waals surface area contributed by atoms with E-state index < -0.39 is 10.0 Å². The maximum Gasteiger partial charge on any atom is 0.240 e. The lowest BCUT2D eigenvalue weighted by molar-refractivity contribution is -0.121. The minimum absolute atomic E-state index is 0.126. The molecular weight excluding hydrogens is 376 g/mol. The highest BCUT2D eigenvalue weighted by Crippen LogP contribution is 2.17. The van der Waals surface area contributed by atoms with Crippen molar-refractivity contribution in [3.8, 4) is 5.75 Å². The number of nitrogens with one attached hydrogen (secondary N) is 2. The standard InChI is InChI=1S/C21H28N2O4S/c1-16-10-11-18(3)20(15-16)28(25,26)23-13-12-22-21(24)9-6-14-27-19-8-5-4-7-17(19)2/h4-5,7-8,10-11,15,23H,6,9,12-14H2,1-3H3,(H,22,24). The summed E-state index contributed by atoms with van der Waals surface area (Å²) in [5.74, 6) is 0.697. The summed E-state index contributed by atoms with van der Waals surface area (Å²) >= 11 is 0. The summed E-state index contributed by atoms with van der Waals surface area (Å²) in [4.78, 5) is 12.1. The van der Waals surface area contributed by atoms with E-state index in [0.29, 0.717) is 25.0 Å². The van der Waals surface area contributed by atoms with E-state index in [1.165, 1.54) is 0 Å². The summed E-state index contributed by atoms with van der Waals surface area (Å²) in [6, 6.07) is 13.0. The first kappa shape index (κ1) is 21.9. The number of hydrogen-bond donors (Lipinski definition) is 2. The lowest BCUT2D eigenvalue weighted by Gasteiger charge is -2.11. The monoisotopic (exact) mass is 404 g/mol. The van der Waals surface area contributed by atoms with Gasteiger partial charge in [0.2, 0.25) is 15.9 Å². The first-order valence-corrected chi connectivity index (χ1v) is 10.8. The number of aryl methyl sites for hydroxylation is 3. The van der Waals surface area contributed by atoms with E-state index >= 15 is 0 Å². The fraction of sp³-hybridized carbons (Fsp3) is 0.381. The molecule has 0 heterocycles. The summed E-state index contributed by atoms with van der Waals surface area (Å²) in [6.45, 7) is 6.41. The Labute approximate surface area is 167 Å². The van der Waals surface area contributed by atoms with Crippen molar-refractivity contribution in [2.75, 3.05) is 19.7 Å². The predicted molar refractivity (Wildman–Crippen MR) is 110 cm³/mol. The van der Waals surface area contributed by atoms with Crippen LogP contribution in [0, 0.1) is 20.8 Å². The minimum atomic E-state index is -3.59. The van der Waals surface area contributed by atoms with Gasteiger partial charge in [-0.1, -0.05) is 30.3 Å². The Morgan fingerprint density at radius 3 is 2.50 bits per heavy atom. The van der Waals surface area contributed by atoms with Crippen molar-refractivity contribution >= 4 is 15.9 Å². The number of carbonyl (C=O) groups is 1. The van der Waals surface area contributed by atoms with Crippen molar-refractivity contribution in [1.82, 2.24) is 10.0 Å². The van der Waals surface area contributed by atoms with Crippen LogP contribution in [0.4, 0.5) is 0 Å². The highest BCUT2D eigenvalue weighted by Gasteiger charge is 2.16. The fourth-order valence-corrected chi connectivity index (χ4v) is 4.04. The zero-order valence-corrected chi connectivity index (χ0v) is 17.4. The molecule has 0 unspecified atom stereocenters. The van der Waals surface area contributed by atoms with Crippen molar-refractivity contribution in [3.63, 3.8) is 0 Å². The Hall–Kier alpha value is -2.38. The molecule has 0 aliphatic rings. The molecule has 2 aromatic rings. The summed E-state index contributed by atoms with van der Waals surface area (Å²) in [6.07, 6.45) is 0.921. The maximum atomic E-state index is 12.4. The highest BCUT2D eigenvalue weighted by atomic mass is 32.2. The number of carbonyl (C=O) groups excluding carboxylic acids is 1. The van der Waals surface area contributed by atoms with Crippen LogP contribution in [-0.4, -0.2) is 34.0 Å². The van der Waals surface area contributed by atoms with Gasteiger partial charge < -0.3 is 10.1 Å². The first-order valence-electron chi connectivity index (χ1n) is 9.31. The van der Waals surface area contributed by atoms with Crippen LogP contribution in [-0.2, 0) is 14.8 Å². The quantitative estimate of drug-likeness (QED) is 0.597. The molecule has 7 heteroatoms. The molecule has 0 aromatic heterocycles. The maximum absolute atomic E-state index is 12.4. The predicted octanol–water partition coefficient (Wildman–Crippen LogP) is 2.87. The van der Waals surface area contributed by atoms with Crippen LogP contribution in [0.3, 0.4) is 0 Å². The number of amides is 1. The van der Waals surface area contributed by atoms with Crippen molar-refractivity contribution in [1.29, 1.82) is 0 Å². The van der Waals surface area contributed by atoms with Crippen LogP contribution >= 0.6 is 0 Å². The minimum Gasteiger partial charge on any atom is -0.493 e. The van der Waals surface area contributed by atoms with Gasteiger partial charge in [-0.3, -0.25) is 4.79 Å². The molecule has 0 aliphatic carbocycles. The molecule has 0 radical (unpaired) electrons. The average Bonchev–Trinajstić information content (AvgIpc) is 2.65. The summed E-state index contributed by atoms with van der Waals surface area (Å²) < 4.78 is 32.9. The third kappa shape index (κ3) is 6.65. The van der Waals surface area contributed by atoms with Crippen molar-refractivity contribution in [3.05, 3.63) is 59.2 Å². The molecule has 0 spiro atoms. The van der Waals surface area contributed by atoms with Gasteiger partial charge >= 0.3 is 0 Å². The molecule has 2 N–H and O–H groups in total. The van der Waals surface area contributed by atoms with Gasteiger partial charge in [-0.05, 0) is 56.0 Å². The Balaban J connectivity index is 1.67. The Kier molecular flexibility index (Phi) is 8.02. The normalized spacial score (nSPS) is 11.2. The number of ether oxygens (including phenoxy) is 1. The van der Waals surface area contributed by atoms with E-state index in [1.807, 2.05) is 44.2 Å². The third-order valence-electron chi connectivity index (χ3n) is 4.27. The van der Waals surface area contributed by atoms with Crippen LogP contribution in [0.5, 0.6) is 5.75 Å². The fourth-order valence-electron chi connectivity index (χ4n) is 2.68. The van der Waals surface area contributed by atoms with Crippen LogP contribution in [0.1, 0.15) is 29.5 Å². The van der Waals surface area contributed by atoms with E-state index in [2.05, 4.69) is 10.0 Å². The van der Waals surface area contributed by atoms with Gasteiger partial charge in [-0.2, -0.15) is 0 Å². The molecule has 6 nitrogen and oxygen atoms in total. The molecule has 0 saturated carbocycles. The second-order valence-electron chi connectivity index (χ2n) is 6.73. The Morgan fingerprint density at radius 1 is 1.00 bits per heavy atom. The lowest BCUT2D eigenvalue weighted by Crippen LogP contribution is -2.35. The van der Waals surface area contributed by atoms with E-state index in [1.54, 1.807) is 19.1 Å². The molecule has 0 aliphatic heterocycles. The second-order valence-corrected chi connectivity index (χ2v) is 8.47. The smallest absolute Gasteiger partial charge is 0.240 e. The average molecular weight is 405 g/mol. The van der Waals surface area contributed by atoms with E-state index in [9.17, 15) is 13.2 Å². The number of hydrogen-bond acceptors (Lipinski definition) is 4. The van der Waals surface area contributed by atoms with Crippen molar-refractivity contribution in [2.45, 2.75) is 38.5 Å². The number of rotatable bonds is 10. The van der Waals surface area contributed by atoms with Gasteiger partial charge in [-0.25, -0.2) is 13.1 Å². The summed E-state index contributed by atoms with van der Waals surface area (Å²) in [5.41, 5.74) is 2.63. The lowest BCUT2D eigenvalue weighted by atomic mass is 10.2. The third-order valence-corrected chi connectivity index (χ3v) is 5.87. The molecular formula is C21H28N2O4S. The number of benzene rings is 2. The molecule has 2 aromatic carbocycles. The summed E-state index contributed by atoms with van der Waals surface area (Å²) in [7, 11) is -3.59. The largest absolute Gasteiger partial charge is 0.493 e. The number of para-hydroxylation sites is 1. The molecule has 1 amide bonds. The van der Waals surface area contributed by atoms with E-state index in [-0.39, 0.29) is 23.9 Å². The highest BCUT2D eigenvalue weighted by molar-refractivity contribution is 7.89. The van der Waals surface area contributed by atoms with Gasteiger partial charge in [0.15, 0.2) is 0 Å². The van der Waals surface area contributed by atoms with Gasteiger partial charge in [0, 0.05) is 19.5 Å². The zero-order chi connectivity index (χ0) is 20.6. The molecule has 0 saturated heterocycles. The van der Waals surface area contributed by atoms with Crippen LogP contribution < -0.4 is 14.8 Å². The SMILES string of the molecule is Cc1ccc(C)c(S(=O)(=O)NCCNC(=O)CCCOc2ccccc2C)c1.